The van der Waals surface area contributed by atoms with Gasteiger partial charge in [0.15, 0.2) is 22.1 Å². The second-order valence-corrected chi connectivity index (χ2v) is 12.3. The third kappa shape index (κ3) is 6.96. The average molecular weight is 700 g/mol. The van der Waals surface area contributed by atoms with E-state index in [9.17, 15) is 20.1 Å². The van der Waals surface area contributed by atoms with E-state index in [4.69, 9.17) is 32.2 Å². The molecule has 50 heavy (non-hydrogen) atoms. The molecule has 3 heterocycles. The number of carboxylic acid groups (broad SMARTS) is 1. The van der Waals surface area contributed by atoms with E-state index in [1.165, 1.54) is 24.5 Å². The molecule has 1 aliphatic heterocycles. The van der Waals surface area contributed by atoms with Crippen LogP contribution in [0.5, 0.6) is 17.5 Å². The number of phenols is 1. The van der Waals surface area contributed by atoms with Crippen molar-refractivity contribution in [1.82, 2.24) is 24.4 Å². The lowest BCUT2D eigenvalue weighted by Crippen LogP contribution is -2.40. The van der Waals surface area contributed by atoms with Gasteiger partial charge in [0.2, 0.25) is 0 Å². The fourth-order valence-corrected chi connectivity index (χ4v) is 6.32. The number of ether oxygens (including phenoxy) is 3. The summed E-state index contributed by atoms with van der Waals surface area (Å²) in [6.45, 7) is 5.79. The number of carbonyl (C=O) groups is 1. The summed E-state index contributed by atoms with van der Waals surface area (Å²) in [4.78, 5) is 27.7. The van der Waals surface area contributed by atoms with E-state index in [1.54, 1.807) is 43.5 Å². The zero-order chi connectivity index (χ0) is 35.5. The number of carboxylic acids is 1. The highest BCUT2D eigenvalue weighted by atomic mass is 32.1. The van der Waals surface area contributed by atoms with Gasteiger partial charge < -0.3 is 45.5 Å². The molecule has 0 saturated heterocycles. The summed E-state index contributed by atoms with van der Waals surface area (Å²) in [5.41, 5.74) is 9.86. The van der Waals surface area contributed by atoms with Crippen molar-refractivity contribution in [3.8, 4) is 17.5 Å². The minimum absolute atomic E-state index is 0.00633. The predicted molar refractivity (Wildman–Crippen MR) is 191 cm³/mol. The minimum Gasteiger partial charge on any atom is -0.508 e. The first kappa shape index (κ1) is 34.4. The Kier molecular flexibility index (Phi) is 9.99. The first-order valence-corrected chi connectivity index (χ1v) is 16.3. The number of phenolic OH excluding ortho intramolecular Hbond substituents is 1. The molecule has 6 rings (SSSR count). The number of aryl methyl sites for hydroxylation is 1. The van der Waals surface area contributed by atoms with E-state index < -0.39 is 12.1 Å². The van der Waals surface area contributed by atoms with Gasteiger partial charge in [0.1, 0.15) is 30.2 Å². The highest BCUT2D eigenvalue weighted by Crippen LogP contribution is 2.45. The van der Waals surface area contributed by atoms with Gasteiger partial charge in [-0.2, -0.15) is 4.98 Å². The lowest BCUT2D eigenvalue weighted by molar-refractivity contribution is 0.0696. The molecule has 2 aromatic carbocycles. The summed E-state index contributed by atoms with van der Waals surface area (Å²) >= 11 is 5.84. The normalized spacial score (nSPS) is 15.0. The number of nitrogens with two attached hydrogens (primary N) is 1. The van der Waals surface area contributed by atoms with Gasteiger partial charge in [-0.3, -0.25) is 4.57 Å². The molecule has 1 atom stereocenters. The number of aromatic hydroxyl groups is 1. The summed E-state index contributed by atoms with van der Waals surface area (Å²) in [6, 6.07) is 10.1. The maximum atomic E-state index is 12.7. The standard InChI is InChI=1S/C35H37N7O7S/c1-19(2)41(11-4-12-42-32-30(31(36)37-18-38-32)40-34(42)48-14-13-47-3)35(50)39-20-5-8-23(26(15-20)33(45)46)29-24-9-6-21(43)16-27(24)49-28-17-22(44)7-10-25(28)29/h5-10,15-19,21,43-44H,4,11-14H2,1-3H3,(H,39,50)(H,45,46)(H2,36,37,38). The molecule has 0 bridgehead atoms. The number of rotatable bonds is 12. The van der Waals surface area contributed by atoms with Gasteiger partial charge in [0, 0.05) is 54.7 Å². The molecule has 0 spiro atoms. The average Bonchev–Trinajstić information content (AvgIpc) is 3.43. The van der Waals surface area contributed by atoms with Crippen molar-refractivity contribution >= 4 is 51.5 Å². The van der Waals surface area contributed by atoms with Crippen LogP contribution in [-0.2, 0) is 11.3 Å². The Morgan fingerprint density at radius 2 is 1.98 bits per heavy atom. The SMILES string of the molecule is COCCOc1nc2c(N)ncnc2n1CCCN(C(=S)Nc1ccc(C2=C3C=CC(O)C=C3Oc3cc(O)ccc32)c(C(=O)O)c1)C(C)C. The van der Waals surface area contributed by atoms with Crippen LogP contribution in [0.3, 0.4) is 0 Å². The molecule has 2 aliphatic rings. The zero-order valence-corrected chi connectivity index (χ0v) is 28.5. The van der Waals surface area contributed by atoms with Crippen molar-refractivity contribution < 1.29 is 34.3 Å². The van der Waals surface area contributed by atoms with Crippen molar-refractivity contribution in [2.45, 2.75) is 39.0 Å². The van der Waals surface area contributed by atoms with Crippen LogP contribution in [-0.4, -0.2) is 89.8 Å². The van der Waals surface area contributed by atoms with Crippen LogP contribution in [0.15, 0.2) is 72.3 Å². The predicted octanol–water partition coefficient (Wildman–Crippen LogP) is 4.34. The van der Waals surface area contributed by atoms with Gasteiger partial charge in [-0.05, 0) is 68.4 Å². The van der Waals surface area contributed by atoms with Crippen LogP contribution in [0, 0.1) is 0 Å². The molecule has 0 radical (unpaired) electrons. The number of anilines is 2. The van der Waals surface area contributed by atoms with Crippen LogP contribution in [0.2, 0.25) is 0 Å². The third-order valence-corrected chi connectivity index (χ3v) is 8.59. The van der Waals surface area contributed by atoms with Crippen LogP contribution in [0.4, 0.5) is 11.5 Å². The number of aromatic nitrogens is 4. The van der Waals surface area contributed by atoms with E-state index in [0.717, 1.165) is 0 Å². The Morgan fingerprint density at radius 3 is 2.74 bits per heavy atom. The lowest BCUT2D eigenvalue weighted by atomic mass is 9.85. The van der Waals surface area contributed by atoms with E-state index in [2.05, 4.69) is 20.3 Å². The molecular formula is C35H37N7O7S. The molecule has 1 unspecified atom stereocenters. The monoisotopic (exact) mass is 699 g/mol. The molecule has 2 aromatic heterocycles. The number of methoxy groups -OCH3 is 1. The highest BCUT2D eigenvalue weighted by Gasteiger charge is 2.30. The number of allylic oxidation sites excluding steroid dienone is 1. The number of aliphatic hydroxyl groups is 1. The molecule has 1 aliphatic carbocycles. The molecule has 14 nitrogen and oxygen atoms in total. The number of benzene rings is 2. The van der Waals surface area contributed by atoms with E-state index in [1.807, 2.05) is 23.3 Å². The quantitative estimate of drug-likeness (QED) is 0.104. The van der Waals surface area contributed by atoms with Gasteiger partial charge in [-0.1, -0.05) is 18.2 Å². The smallest absolute Gasteiger partial charge is 0.336 e. The maximum Gasteiger partial charge on any atom is 0.336 e. The number of hydrogen-bond acceptors (Lipinski definition) is 11. The molecule has 0 saturated carbocycles. The van der Waals surface area contributed by atoms with Gasteiger partial charge in [0.05, 0.1) is 18.3 Å². The number of nitrogen functional groups attached to an aromatic ring is 1. The number of nitrogens with zero attached hydrogens (tertiary/aromatic N) is 5. The second kappa shape index (κ2) is 14.5. The largest absolute Gasteiger partial charge is 0.508 e. The Hall–Kier alpha value is -5.51. The van der Waals surface area contributed by atoms with Crippen LogP contribution < -0.4 is 20.5 Å². The molecule has 15 heteroatoms. The Balaban J connectivity index is 1.24. The zero-order valence-electron chi connectivity index (χ0n) is 27.7. The topological polar surface area (TPSA) is 190 Å². The van der Waals surface area contributed by atoms with Crippen LogP contribution in [0.25, 0.3) is 16.7 Å². The van der Waals surface area contributed by atoms with Gasteiger partial charge in [-0.15, -0.1) is 0 Å². The highest BCUT2D eigenvalue weighted by molar-refractivity contribution is 7.80. The number of hydrogen-bond donors (Lipinski definition) is 5. The first-order chi connectivity index (χ1) is 24.0. The van der Waals surface area contributed by atoms with E-state index >= 15 is 0 Å². The fraction of sp³-hybridized carbons (Fsp3) is 0.286. The minimum atomic E-state index is -1.14. The molecule has 0 amide bonds. The van der Waals surface area contributed by atoms with Gasteiger partial charge in [0.25, 0.3) is 6.01 Å². The first-order valence-electron chi connectivity index (χ1n) is 15.9. The van der Waals surface area contributed by atoms with Crippen molar-refractivity contribution in [3.63, 3.8) is 0 Å². The summed E-state index contributed by atoms with van der Waals surface area (Å²) in [7, 11) is 1.59. The van der Waals surface area contributed by atoms with Gasteiger partial charge in [-0.25, -0.2) is 14.8 Å². The van der Waals surface area contributed by atoms with E-state index in [0.29, 0.717) is 94.5 Å². The second-order valence-electron chi connectivity index (χ2n) is 11.9. The molecular weight excluding hydrogens is 662 g/mol. The molecule has 4 aromatic rings. The lowest BCUT2D eigenvalue weighted by Gasteiger charge is -2.30. The van der Waals surface area contributed by atoms with Crippen molar-refractivity contribution in [3.05, 3.63) is 89.0 Å². The summed E-state index contributed by atoms with van der Waals surface area (Å²) in [5.74, 6) is -0.171. The van der Waals surface area contributed by atoms with Gasteiger partial charge >= 0.3 is 5.97 Å². The van der Waals surface area contributed by atoms with Crippen LogP contribution >= 0.6 is 12.2 Å². The fourth-order valence-electron chi connectivity index (χ4n) is 5.90. The number of aromatic carboxylic acids is 1. The Morgan fingerprint density at radius 1 is 1.18 bits per heavy atom. The summed E-state index contributed by atoms with van der Waals surface area (Å²) in [5, 5.41) is 34.4. The van der Waals surface area contributed by atoms with Crippen molar-refractivity contribution in [2.75, 3.05) is 37.9 Å². The van der Waals surface area contributed by atoms with Crippen LogP contribution in [0.1, 0.15) is 41.8 Å². The summed E-state index contributed by atoms with van der Waals surface area (Å²) in [6.07, 6.45) is 6.00. The number of thiocarbonyl (C=S) groups is 1. The Bertz CT molecular complexity index is 2060. The van der Waals surface area contributed by atoms with Crippen molar-refractivity contribution in [1.29, 1.82) is 0 Å². The maximum absolute atomic E-state index is 12.7. The summed E-state index contributed by atoms with van der Waals surface area (Å²) < 4.78 is 18.8. The van der Waals surface area contributed by atoms with Crippen molar-refractivity contribution in [2.24, 2.45) is 0 Å². The third-order valence-electron chi connectivity index (χ3n) is 8.25. The molecule has 0 fully saturated rings. The Labute approximate surface area is 293 Å². The number of fused-ring (bicyclic) bond motifs is 3. The number of aliphatic hydroxyl groups excluding tert-OH is 1. The number of nitrogens with one attached hydrogen (secondary N) is 1. The van der Waals surface area contributed by atoms with E-state index in [-0.39, 0.29) is 23.2 Å². The molecule has 6 N–H and O–H groups in total. The molecule has 260 valence electrons. The number of imidazole rings is 1.